The van der Waals surface area contributed by atoms with Gasteiger partial charge in [0.25, 0.3) is 0 Å². The lowest BCUT2D eigenvalue weighted by Gasteiger charge is -2.38. The van der Waals surface area contributed by atoms with Crippen molar-refractivity contribution >= 4 is 0 Å². The third-order valence-electron chi connectivity index (χ3n) is 2.66. The fourth-order valence-electron chi connectivity index (χ4n) is 1.67. The fourth-order valence-corrected chi connectivity index (χ4v) is 1.67. The third kappa shape index (κ3) is 1.99. The highest BCUT2D eigenvalue weighted by atomic mass is 16.6. The monoisotopic (exact) mass is 172 g/mol. The highest BCUT2D eigenvalue weighted by molar-refractivity contribution is 4.78. The summed E-state index contributed by atoms with van der Waals surface area (Å²) in [4.78, 5) is 0. The summed E-state index contributed by atoms with van der Waals surface area (Å²) in [5, 5.41) is 0. The Morgan fingerprint density at radius 3 is 1.42 bits per heavy atom. The summed E-state index contributed by atoms with van der Waals surface area (Å²) < 4.78 is 11.7. The molecule has 0 bridgehead atoms. The average molecular weight is 172 g/mol. The molecule has 1 fully saturated rings. The standard InChI is InChI=1S/C10H20O2/c1-5-9-10(6-2)12-8(4)7(3)11-9/h7-10H,5-6H2,1-4H3. The van der Waals surface area contributed by atoms with Gasteiger partial charge in [-0.15, -0.1) is 0 Å². The van der Waals surface area contributed by atoms with Gasteiger partial charge in [-0.1, -0.05) is 13.8 Å². The van der Waals surface area contributed by atoms with E-state index in [-0.39, 0.29) is 12.2 Å². The first-order chi connectivity index (χ1) is 5.69. The summed E-state index contributed by atoms with van der Waals surface area (Å²) in [6.45, 7) is 8.47. The van der Waals surface area contributed by atoms with Crippen LogP contribution in [0.1, 0.15) is 40.5 Å². The van der Waals surface area contributed by atoms with Crippen molar-refractivity contribution in [3.63, 3.8) is 0 Å². The molecule has 0 N–H and O–H groups in total. The van der Waals surface area contributed by atoms with Gasteiger partial charge in [-0.25, -0.2) is 0 Å². The second kappa shape index (κ2) is 4.24. The van der Waals surface area contributed by atoms with Crippen molar-refractivity contribution in [1.82, 2.24) is 0 Å². The first-order valence-electron chi connectivity index (χ1n) is 4.99. The minimum atomic E-state index is 0.248. The Labute approximate surface area is 75.2 Å². The summed E-state index contributed by atoms with van der Waals surface area (Å²) in [5.74, 6) is 0. The molecule has 0 saturated carbocycles. The molecule has 0 aromatic rings. The van der Waals surface area contributed by atoms with Crippen LogP contribution >= 0.6 is 0 Å². The van der Waals surface area contributed by atoms with Crippen molar-refractivity contribution in [2.45, 2.75) is 65.0 Å². The lowest BCUT2D eigenvalue weighted by atomic mass is 10.1. The number of hydrogen-bond acceptors (Lipinski definition) is 2. The van der Waals surface area contributed by atoms with Crippen LogP contribution in [0.15, 0.2) is 0 Å². The van der Waals surface area contributed by atoms with Gasteiger partial charge in [0, 0.05) is 0 Å². The van der Waals surface area contributed by atoms with Crippen molar-refractivity contribution in [3.8, 4) is 0 Å². The zero-order valence-electron chi connectivity index (χ0n) is 8.54. The SMILES string of the molecule is CCC1OC(C)C(C)OC1CC. The predicted molar refractivity (Wildman–Crippen MR) is 49.3 cm³/mol. The number of hydrogen-bond donors (Lipinski definition) is 0. The Morgan fingerprint density at radius 1 is 0.833 bits per heavy atom. The molecule has 0 aliphatic carbocycles. The van der Waals surface area contributed by atoms with Gasteiger partial charge < -0.3 is 9.47 Å². The average Bonchev–Trinajstić information content (AvgIpc) is 2.09. The van der Waals surface area contributed by atoms with Crippen molar-refractivity contribution in [1.29, 1.82) is 0 Å². The molecule has 72 valence electrons. The normalized spacial score (nSPS) is 43.0. The molecule has 0 amide bonds. The zero-order valence-corrected chi connectivity index (χ0v) is 8.54. The second-order valence-electron chi connectivity index (χ2n) is 3.58. The van der Waals surface area contributed by atoms with E-state index in [9.17, 15) is 0 Å². The van der Waals surface area contributed by atoms with E-state index >= 15 is 0 Å². The Hall–Kier alpha value is -0.0800. The Kier molecular flexibility index (Phi) is 3.53. The van der Waals surface area contributed by atoms with E-state index in [1.807, 2.05) is 0 Å². The van der Waals surface area contributed by atoms with Crippen LogP contribution in [0.3, 0.4) is 0 Å². The van der Waals surface area contributed by atoms with Crippen LogP contribution in [0, 0.1) is 0 Å². The third-order valence-corrected chi connectivity index (χ3v) is 2.66. The molecule has 1 heterocycles. The summed E-state index contributed by atoms with van der Waals surface area (Å²) in [5.41, 5.74) is 0. The van der Waals surface area contributed by atoms with E-state index in [1.165, 1.54) is 0 Å². The lowest BCUT2D eigenvalue weighted by Crippen LogP contribution is -2.46. The molecular weight excluding hydrogens is 152 g/mol. The van der Waals surface area contributed by atoms with E-state index in [4.69, 9.17) is 9.47 Å². The summed E-state index contributed by atoms with van der Waals surface area (Å²) in [6, 6.07) is 0. The van der Waals surface area contributed by atoms with Gasteiger partial charge in [-0.3, -0.25) is 0 Å². The molecule has 12 heavy (non-hydrogen) atoms. The van der Waals surface area contributed by atoms with Crippen LogP contribution in [0.2, 0.25) is 0 Å². The molecule has 1 aliphatic rings. The second-order valence-corrected chi connectivity index (χ2v) is 3.58. The highest BCUT2D eigenvalue weighted by Gasteiger charge is 2.31. The van der Waals surface area contributed by atoms with Gasteiger partial charge in [0.1, 0.15) is 0 Å². The van der Waals surface area contributed by atoms with E-state index in [0.29, 0.717) is 12.2 Å². The zero-order chi connectivity index (χ0) is 9.14. The predicted octanol–water partition coefficient (Wildman–Crippen LogP) is 2.37. The maximum absolute atomic E-state index is 5.83. The fraction of sp³-hybridized carbons (Fsp3) is 1.00. The van der Waals surface area contributed by atoms with Crippen LogP contribution in [0.25, 0.3) is 0 Å². The summed E-state index contributed by atoms with van der Waals surface area (Å²) in [7, 11) is 0. The molecule has 4 unspecified atom stereocenters. The quantitative estimate of drug-likeness (QED) is 0.636. The maximum Gasteiger partial charge on any atom is 0.0839 e. The van der Waals surface area contributed by atoms with Crippen molar-refractivity contribution in [3.05, 3.63) is 0 Å². The smallest absolute Gasteiger partial charge is 0.0839 e. The molecule has 1 rings (SSSR count). The molecule has 1 saturated heterocycles. The van der Waals surface area contributed by atoms with Crippen LogP contribution in [0.4, 0.5) is 0 Å². The molecule has 1 aliphatic heterocycles. The van der Waals surface area contributed by atoms with Crippen molar-refractivity contribution in [2.75, 3.05) is 0 Å². The van der Waals surface area contributed by atoms with Gasteiger partial charge in [0.05, 0.1) is 24.4 Å². The largest absolute Gasteiger partial charge is 0.370 e. The minimum Gasteiger partial charge on any atom is -0.370 e. The van der Waals surface area contributed by atoms with Gasteiger partial charge in [-0.05, 0) is 26.7 Å². The molecule has 4 atom stereocenters. The first-order valence-corrected chi connectivity index (χ1v) is 4.99. The van der Waals surface area contributed by atoms with Gasteiger partial charge in [0.2, 0.25) is 0 Å². The summed E-state index contributed by atoms with van der Waals surface area (Å²) >= 11 is 0. The van der Waals surface area contributed by atoms with E-state index in [1.54, 1.807) is 0 Å². The number of rotatable bonds is 2. The molecule has 2 heteroatoms. The molecule has 0 spiro atoms. The van der Waals surface area contributed by atoms with E-state index < -0.39 is 0 Å². The van der Waals surface area contributed by atoms with Crippen LogP contribution in [-0.4, -0.2) is 24.4 Å². The van der Waals surface area contributed by atoms with Gasteiger partial charge >= 0.3 is 0 Å². The van der Waals surface area contributed by atoms with E-state index in [2.05, 4.69) is 27.7 Å². The molecule has 0 radical (unpaired) electrons. The lowest BCUT2D eigenvalue weighted by molar-refractivity contribution is -0.210. The van der Waals surface area contributed by atoms with Crippen molar-refractivity contribution < 1.29 is 9.47 Å². The Bertz CT molecular complexity index is 120. The molecule has 2 nitrogen and oxygen atoms in total. The van der Waals surface area contributed by atoms with E-state index in [0.717, 1.165) is 12.8 Å². The minimum absolute atomic E-state index is 0.248. The first kappa shape index (κ1) is 10.0. The topological polar surface area (TPSA) is 18.5 Å². The summed E-state index contributed by atoms with van der Waals surface area (Å²) in [6.07, 6.45) is 3.21. The molecular formula is C10H20O2. The van der Waals surface area contributed by atoms with Gasteiger partial charge in [-0.2, -0.15) is 0 Å². The van der Waals surface area contributed by atoms with Crippen LogP contribution in [0.5, 0.6) is 0 Å². The molecule has 0 aromatic carbocycles. The van der Waals surface area contributed by atoms with Crippen LogP contribution < -0.4 is 0 Å². The van der Waals surface area contributed by atoms with Crippen LogP contribution in [-0.2, 0) is 9.47 Å². The van der Waals surface area contributed by atoms with Gasteiger partial charge in [0.15, 0.2) is 0 Å². The molecule has 0 aromatic heterocycles. The number of ether oxygens (including phenoxy) is 2. The Balaban J connectivity index is 2.52. The van der Waals surface area contributed by atoms with Crippen molar-refractivity contribution in [2.24, 2.45) is 0 Å². The Morgan fingerprint density at radius 2 is 1.17 bits per heavy atom. The highest BCUT2D eigenvalue weighted by Crippen LogP contribution is 2.23. The maximum atomic E-state index is 5.83.